The second kappa shape index (κ2) is 14.9. The molecule has 0 aromatic heterocycles. The molecule has 5 radical (unpaired) electrons. The highest BCUT2D eigenvalue weighted by atomic mass is 31.1. The molecule has 0 amide bonds. The highest BCUT2D eigenvalue weighted by Gasteiger charge is 2.42. The summed E-state index contributed by atoms with van der Waals surface area (Å²) < 4.78 is 81.3. The van der Waals surface area contributed by atoms with E-state index in [0.29, 0.717) is 27.4 Å². The summed E-state index contributed by atoms with van der Waals surface area (Å²) in [6.45, 7) is 8.25. The molecule has 0 spiro atoms. The summed E-state index contributed by atoms with van der Waals surface area (Å²) in [6.07, 6.45) is -4.38. The van der Waals surface area contributed by atoms with Gasteiger partial charge in [0.25, 0.3) is 0 Å². The van der Waals surface area contributed by atoms with Gasteiger partial charge in [0.1, 0.15) is 0 Å². The van der Waals surface area contributed by atoms with Gasteiger partial charge in [0.2, 0.25) is 0 Å². The molecule has 6 rings (SSSR count). The summed E-state index contributed by atoms with van der Waals surface area (Å²) >= 11 is 0. The third-order valence-corrected chi connectivity index (χ3v) is 13.6. The number of aliphatic hydroxyl groups is 1. The molecule has 0 unspecified atom stereocenters. The zero-order valence-electron chi connectivity index (χ0n) is 28.3. The molecule has 51 heavy (non-hydrogen) atoms. The van der Waals surface area contributed by atoms with E-state index in [-0.39, 0.29) is 0 Å². The molecule has 1 saturated carbocycles. The molecular formula is C42H35F6OP2. The molecule has 0 aliphatic heterocycles. The van der Waals surface area contributed by atoms with Gasteiger partial charge in [-0.3, -0.25) is 0 Å². The zero-order chi connectivity index (χ0) is 36.7. The van der Waals surface area contributed by atoms with Crippen LogP contribution in [-0.4, -0.2) is 5.11 Å². The van der Waals surface area contributed by atoms with E-state index < -0.39 is 45.4 Å². The molecule has 1 fully saturated rings. The molecule has 1 aliphatic rings. The normalized spacial score (nSPS) is 15.2. The predicted octanol–water partition coefficient (Wildman–Crippen LogP) is 9.62. The first-order chi connectivity index (χ1) is 24.1. The summed E-state index contributed by atoms with van der Waals surface area (Å²) in [5.41, 5.74) is 4.35. The Hall–Kier alpha value is -3.50. The molecule has 0 bridgehead atoms. The van der Waals surface area contributed by atoms with Crippen molar-refractivity contribution in [2.75, 3.05) is 0 Å². The van der Waals surface area contributed by atoms with Gasteiger partial charge in [0, 0.05) is 11.6 Å². The van der Waals surface area contributed by atoms with Gasteiger partial charge in [0.15, 0.2) is 0 Å². The molecule has 0 saturated heterocycles. The summed E-state index contributed by atoms with van der Waals surface area (Å²) in [5.74, 6) is 0.696. The lowest BCUT2D eigenvalue weighted by molar-refractivity contribution is -0.138. The molecule has 9 heteroatoms. The maximum atomic E-state index is 13.6. The monoisotopic (exact) mass is 731 g/mol. The number of aryl methyl sites for hydroxylation is 4. The lowest BCUT2D eigenvalue weighted by Crippen LogP contribution is -2.28. The number of alkyl halides is 6. The largest absolute Gasteiger partial charge is 0.416 e. The topological polar surface area (TPSA) is 20.2 Å². The van der Waals surface area contributed by atoms with Crippen molar-refractivity contribution in [3.8, 4) is 0 Å². The molecule has 261 valence electrons. The lowest BCUT2D eigenvalue weighted by Gasteiger charge is -2.34. The van der Waals surface area contributed by atoms with E-state index in [1.165, 1.54) is 24.3 Å². The van der Waals surface area contributed by atoms with Crippen LogP contribution in [0.2, 0.25) is 0 Å². The van der Waals surface area contributed by atoms with Crippen molar-refractivity contribution in [1.29, 1.82) is 0 Å². The molecule has 5 aromatic carbocycles. The molecule has 1 nitrogen and oxygen atoms in total. The zero-order valence-corrected chi connectivity index (χ0v) is 30.1. The molecular weight excluding hydrogens is 696 g/mol. The van der Waals surface area contributed by atoms with Crippen LogP contribution in [0.1, 0.15) is 45.0 Å². The van der Waals surface area contributed by atoms with Gasteiger partial charge in [-0.2, -0.15) is 26.3 Å². The van der Waals surface area contributed by atoms with Gasteiger partial charge in [-0.1, -0.05) is 107 Å². The SMILES string of the molecule is Cc1cc(C)cc(P([C]2[CH][CH][CH][C]2[C@@H](O)c2ccccc2P(c2ccc(C(F)(F)F)cc2)c2ccc(C(F)(F)F)cc2)c2cc(C)cc(C)c2)c1. The second-order valence-corrected chi connectivity index (χ2v) is 17.2. The Kier molecular flexibility index (Phi) is 10.9. The second-order valence-electron chi connectivity index (χ2n) is 12.8. The maximum absolute atomic E-state index is 13.6. The molecule has 5 aromatic rings. The van der Waals surface area contributed by atoms with Crippen LogP contribution >= 0.6 is 15.8 Å². The van der Waals surface area contributed by atoms with E-state index in [4.69, 9.17) is 0 Å². The van der Waals surface area contributed by atoms with Crippen molar-refractivity contribution in [1.82, 2.24) is 0 Å². The third-order valence-electron chi connectivity index (χ3n) is 8.67. The fourth-order valence-corrected chi connectivity index (χ4v) is 11.9. The summed E-state index contributed by atoms with van der Waals surface area (Å²) in [4.78, 5) is 0. The minimum Gasteiger partial charge on any atom is -0.388 e. The number of rotatable bonds is 8. The highest BCUT2D eigenvalue weighted by Crippen LogP contribution is 2.59. The van der Waals surface area contributed by atoms with Crippen molar-refractivity contribution in [3.63, 3.8) is 0 Å². The van der Waals surface area contributed by atoms with Crippen LogP contribution < -0.4 is 26.5 Å². The highest BCUT2D eigenvalue weighted by molar-refractivity contribution is 7.80. The minimum absolute atomic E-state index is 0.507. The van der Waals surface area contributed by atoms with Gasteiger partial charge < -0.3 is 5.11 Å². The predicted molar refractivity (Wildman–Crippen MR) is 198 cm³/mol. The van der Waals surface area contributed by atoms with Gasteiger partial charge in [-0.05, 0) is 119 Å². The summed E-state index contributed by atoms with van der Waals surface area (Å²) in [5, 5.41) is 16.3. The average Bonchev–Trinajstić information content (AvgIpc) is 3.53. The Balaban J connectivity index is 1.46. The Morgan fingerprint density at radius 1 is 0.510 bits per heavy atom. The average molecular weight is 732 g/mol. The van der Waals surface area contributed by atoms with Crippen molar-refractivity contribution >= 4 is 42.4 Å². The van der Waals surface area contributed by atoms with E-state index in [1.807, 2.05) is 19.3 Å². The van der Waals surface area contributed by atoms with Crippen molar-refractivity contribution in [2.45, 2.75) is 46.2 Å². The fourth-order valence-electron chi connectivity index (χ4n) is 6.56. The smallest absolute Gasteiger partial charge is 0.388 e. The Labute approximate surface area is 298 Å². The first-order valence-electron chi connectivity index (χ1n) is 16.2. The number of halogens is 6. The first-order valence-corrected chi connectivity index (χ1v) is 18.9. The van der Waals surface area contributed by atoms with Gasteiger partial charge in [-0.15, -0.1) is 0 Å². The summed E-state index contributed by atoms with van der Waals surface area (Å²) in [6, 6.07) is 29.6. The number of benzene rings is 5. The number of aliphatic hydroxyl groups excluding tert-OH is 1. The fraction of sp³-hybridized carbons (Fsp3) is 0.167. The first kappa shape index (κ1) is 37.3. The van der Waals surface area contributed by atoms with Crippen LogP contribution in [0.25, 0.3) is 0 Å². The number of hydrogen-bond acceptors (Lipinski definition) is 1. The molecule has 0 heterocycles. The Morgan fingerprint density at radius 3 is 1.37 bits per heavy atom. The molecule has 1 atom stereocenters. The Morgan fingerprint density at radius 2 is 0.941 bits per heavy atom. The lowest BCUT2D eigenvalue weighted by atomic mass is 9.94. The van der Waals surface area contributed by atoms with E-state index in [9.17, 15) is 31.4 Å². The van der Waals surface area contributed by atoms with Gasteiger partial charge >= 0.3 is 12.4 Å². The van der Waals surface area contributed by atoms with Crippen LogP contribution in [0.15, 0.2) is 109 Å². The standard InChI is InChI=1S/C42H35F6OP2/c1-26-20-27(2)23-34(22-26)51(35-24-28(3)21-29(4)25-35)39-11-7-9-37(39)40(49)36-8-5-6-10-38(36)50(32-16-12-30(13-17-32)41(43,44)45)33-18-14-31(15-19-33)42(46,47)48/h5-25,40,49H,1-4H3/t40-/m0/s1. The third kappa shape index (κ3) is 8.27. The van der Waals surface area contributed by atoms with Crippen LogP contribution in [0.4, 0.5) is 26.3 Å². The van der Waals surface area contributed by atoms with E-state index in [0.717, 1.165) is 62.8 Å². The van der Waals surface area contributed by atoms with Crippen LogP contribution in [0.3, 0.4) is 0 Å². The molecule has 1 aliphatic carbocycles. The van der Waals surface area contributed by atoms with Crippen molar-refractivity contribution in [2.24, 2.45) is 0 Å². The van der Waals surface area contributed by atoms with Crippen LogP contribution in [-0.2, 0) is 12.4 Å². The van der Waals surface area contributed by atoms with E-state index >= 15 is 0 Å². The number of hydrogen-bond donors (Lipinski definition) is 1. The van der Waals surface area contributed by atoms with Gasteiger partial charge in [0.05, 0.1) is 17.2 Å². The summed E-state index contributed by atoms with van der Waals surface area (Å²) in [7, 11) is -2.82. The Bertz CT molecular complexity index is 1840. The van der Waals surface area contributed by atoms with Crippen molar-refractivity contribution < 1.29 is 31.4 Å². The van der Waals surface area contributed by atoms with E-state index in [1.54, 1.807) is 24.3 Å². The van der Waals surface area contributed by atoms with Crippen LogP contribution in [0.5, 0.6) is 0 Å². The van der Waals surface area contributed by atoms with Crippen LogP contribution in [0, 0.1) is 58.5 Å². The minimum atomic E-state index is -4.55. The molecule has 1 N–H and O–H groups in total. The van der Waals surface area contributed by atoms with E-state index in [2.05, 4.69) is 64.1 Å². The van der Waals surface area contributed by atoms with Crippen molar-refractivity contribution in [3.05, 3.63) is 179 Å². The maximum Gasteiger partial charge on any atom is 0.416 e. The van der Waals surface area contributed by atoms with Gasteiger partial charge in [-0.25, -0.2) is 0 Å². The quantitative estimate of drug-likeness (QED) is 0.125.